The molecule has 0 aromatic heterocycles. The summed E-state index contributed by atoms with van der Waals surface area (Å²) >= 11 is 12.0. The summed E-state index contributed by atoms with van der Waals surface area (Å²) in [7, 11) is 0. The van der Waals surface area contributed by atoms with E-state index in [1.165, 1.54) is 12.8 Å². The van der Waals surface area contributed by atoms with Gasteiger partial charge in [0.1, 0.15) is 0 Å². The maximum Gasteiger partial charge on any atom is 0.238 e. The van der Waals surface area contributed by atoms with Gasteiger partial charge in [0, 0.05) is 24.0 Å². The predicted molar refractivity (Wildman–Crippen MR) is 109 cm³/mol. The fraction of sp³-hybridized carbons (Fsp3) is 0.600. The summed E-state index contributed by atoms with van der Waals surface area (Å²) in [6.45, 7) is 3.64. The second kappa shape index (κ2) is 9.76. The van der Waals surface area contributed by atoms with Crippen LogP contribution in [0.25, 0.3) is 0 Å². The number of nitrogens with zero attached hydrogens (tertiary/aromatic N) is 2. The first-order chi connectivity index (χ1) is 13.0. The highest BCUT2D eigenvalue weighted by Crippen LogP contribution is 2.26. The van der Waals surface area contributed by atoms with Gasteiger partial charge < -0.3 is 10.2 Å². The molecule has 3 rings (SSSR count). The summed E-state index contributed by atoms with van der Waals surface area (Å²) in [5, 5.41) is 3.82. The van der Waals surface area contributed by atoms with E-state index in [0.717, 1.165) is 51.9 Å². The number of likely N-dealkylation sites (tertiary alicyclic amines) is 2. The van der Waals surface area contributed by atoms with Crippen molar-refractivity contribution in [2.45, 2.75) is 38.5 Å². The van der Waals surface area contributed by atoms with Crippen LogP contribution in [0.5, 0.6) is 0 Å². The number of carbonyl (C=O) groups excluding carboxylic acids is 2. The minimum atomic E-state index is -0.114. The molecular weight excluding hydrogens is 385 g/mol. The van der Waals surface area contributed by atoms with Crippen LogP contribution in [0.4, 0.5) is 5.69 Å². The molecule has 2 saturated heterocycles. The minimum Gasteiger partial charge on any atom is -0.342 e. The molecule has 7 heteroatoms. The third-order valence-corrected chi connectivity index (χ3v) is 5.99. The molecule has 2 aliphatic heterocycles. The first kappa shape index (κ1) is 20.4. The van der Waals surface area contributed by atoms with Gasteiger partial charge in [-0.3, -0.25) is 14.5 Å². The molecule has 0 spiro atoms. The van der Waals surface area contributed by atoms with Crippen LogP contribution in [0, 0.1) is 5.92 Å². The van der Waals surface area contributed by atoms with Crippen molar-refractivity contribution >= 4 is 40.7 Å². The summed E-state index contributed by atoms with van der Waals surface area (Å²) in [4.78, 5) is 29.2. The monoisotopic (exact) mass is 411 g/mol. The van der Waals surface area contributed by atoms with Crippen molar-refractivity contribution in [1.29, 1.82) is 0 Å². The van der Waals surface area contributed by atoms with Crippen molar-refractivity contribution in [2.24, 2.45) is 5.92 Å². The van der Waals surface area contributed by atoms with Gasteiger partial charge in [-0.15, -0.1) is 0 Å². The van der Waals surface area contributed by atoms with E-state index in [9.17, 15) is 9.59 Å². The van der Waals surface area contributed by atoms with Crippen LogP contribution >= 0.6 is 23.2 Å². The third-order valence-electron chi connectivity index (χ3n) is 5.42. The molecule has 1 aromatic carbocycles. The van der Waals surface area contributed by atoms with E-state index in [0.29, 0.717) is 28.2 Å². The topological polar surface area (TPSA) is 52.7 Å². The van der Waals surface area contributed by atoms with Gasteiger partial charge in [0.05, 0.1) is 17.3 Å². The lowest BCUT2D eigenvalue weighted by molar-refractivity contribution is -0.137. The number of hydrogen-bond donors (Lipinski definition) is 1. The first-order valence-corrected chi connectivity index (χ1v) is 10.5. The van der Waals surface area contributed by atoms with E-state index in [2.05, 4.69) is 15.1 Å². The Morgan fingerprint density at radius 1 is 1.00 bits per heavy atom. The quantitative estimate of drug-likeness (QED) is 0.812. The zero-order valence-corrected chi connectivity index (χ0v) is 17.1. The lowest BCUT2D eigenvalue weighted by atomic mass is 9.95. The predicted octanol–water partition coefficient (Wildman–Crippen LogP) is 4.05. The largest absolute Gasteiger partial charge is 0.342 e. The van der Waals surface area contributed by atoms with Crippen LogP contribution < -0.4 is 5.32 Å². The van der Waals surface area contributed by atoms with Crippen molar-refractivity contribution in [3.8, 4) is 0 Å². The lowest BCUT2D eigenvalue weighted by Gasteiger charge is -2.33. The molecule has 1 aromatic rings. The second-order valence-electron chi connectivity index (χ2n) is 7.46. The number of hydrogen-bond acceptors (Lipinski definition) is 3. The van der Waals surface area contributed by atoms with Gasteiger partial charge in [0.2, 0.25) is 11.8 Å². The molecule has 2 amide bonds. The number of carbonyl (C=O) groups is 2. The molecule has 1 N–H and O–H groups in total. The maximum atomic E-state index is 12.7. The minimum absolute atomic E-state index is 0.102. The van der Waals surface area contributed by atoms with Gasteiger partial charge in [0.25, 0.3) is 0 Å². The van der Waals surface area contributed by atoms with Crippen LogP contribution in [0.2, 0.25) is 10.0 Å². The van der Waals surface area contributed by atoms with E-state index in [-0.39, 0.29) is 11.8 Å². The molecule has 0 radical (unpaired) electrons. The Kier molecular flexibility index (Phi) is 7.39. The second-order valence-corrected chi connectivity index (χ2v) is 8.31. The number of piperidine rings is 1. The summed E-state index contributed by atoms with van der Waals surface area (Å²) in [6.07, 6.45) is 6.34. The van der Waals surface area contributed by atoms with Crippen LogP contribution in [-0.2, 0) is 9.59 Å². The van der Waals surface area contributed by atoms with Gasteiger partial charge in [0.15, 0.2) is 0 Å². The Labute approximate surface area is 171 Å². The Balaban J connectivity index is 1.45. The van der Waals surface area contributed by atoms with E-state index in [1.54, 1.807) is 18.2 Å². The highest BCUT2D eigenvalue weighted by molar-refractivity contribution is 6.35. The molecule has 0 saturated carbocycles. The van der Waals surface area contributed by atoms with E-state index in [4.69, 9.17) is 23.2 Å². The van der Waals surface area contributed by atoms with Crippen LogP contribution in [0.3, 0.4) is 0 Å². The van der Waals surface area contributed by atoms with Crippen molar-refractivity contribution in [2.75, 3.05) is 38.0 Å². The highest BCUT2D eigenvalue weighted by Gasteiger charge is 2.29. The molecule has 2 fully saturated rings. The Hall–Kier alpha value is -1.30. The normalized spacial score (nSPS) is 19.6. The van der Waals surface area contributed by atoms with Crippen molar-refractivity contribution < 1.29 is 9.59 Å². The summed E-state index contributed by atoms with van der Waals surface area (Å²) < 4.78 is 0. The standard InChI is InChI=1S/C20H27Cl2N3O2/c21-16-5-6-17(22)18(13-16)23-19(26)14-24-11-7-15(8-12-24)20(27)25-9-3-1-2-4-10-25/h5-6,13,15H,1-4,7-12,14H2,(H,23,26). The Bertz CT molecular complexity index is 667. The van der Waals surface area contributed by atoms with Gasteiger partial charge in [-0.2, -0.15) is 0 Å². The molecule has 27 heavy (non-hydrogen) atoms. The fourth-order valence-electron chi connectivity index (χ4n) is 3.87. The van der Waals surface area contributed by atoms with E-state index >= 15 is 0 Å². The summed E-state index contributed by atoms with van der Waals surface area (Å²) in [5.41, 5.74) is 0.528. The van der Waals surface area contributed by atoms with E-state index < -0.39 is 0 Å². The molecule has 148 valence electrons. The lowest BCUT2D eigenvalue weighted by Crippen LogP contribution is -2.44. The van der Waals surface area contributed by atoms with E-state index in [1.807, 2.05) is 0 Å². The summed E-state index contributed by atoms with van der Waals surface area (Å²) in [5.74, 6) is 0.299. The third kappa shape index (κ3) is 5.84. The SMILES string of the molecule is O=C(CN1CCC(C(=O)N2CCCCCC2)CC1)Nc1cc(Cl)ccc1Cl. The zero-order valence-electron chi connectivity index (χ0n) is 15.6. The maximum absolute atomic E-state index is 12.7. The number of halogens is 2. The van der Waals surface area contributed by atoms with Gasteiger partial charge >= 0.3 is 0 Å². The Morgan fingerprint density at radius 3 is 2.33 bits per heavy atom. The average molecular weight is 412 g/mol. The van der Waals surface area contributed by atoms with Crippen LogP contribution in [-0.4, -0.2) is 54.3 Å². The number of amides is 2. The zero-order chi connectivity index (χ0) is 19.2. The summed E-state index contributed by atoms with van der Waals surface area (Å²) in [6, 6.07) is 5.00. The Morgan fingerprint density at radius 2 is 1.67 bits per heavy atom. The molecule has 5 nitrogen and oxygen atoms in total. The molecule has 0 bridgehead atoms. The molecule has 0 aliphatic carbocycles. The number of nitrogens with one attached hydrogen (secondary N) is 1. The van der Waals surface area contributed by atoms with Gasteiger partial charge in [-0.25, -0.2) is 0 Å². The molecule has 2 aliphatic rings. The average Bonchev–Trinajstić information content (AvgIpc) is 2.94. The molecule has 2 heterocycles. The van der Waals surface area contributed by atoms with Crippen molar-refractivity contribution in [3.63, 3.8) is 0 Å². The van der Waals surface area contributed by atoms with Crippen LogP contribution in [0.15, 0.2) is 18.2 Å². The molecule has 0 atom stereocenters. The molecular formula is C20H27Cl2N3O2. The number of anilines is 1. The molecule has 0 unspecified atom stereocenters. The van der Waals surface area contributed by atoms with Gasteiger partial charge in [-0.05, 0) is 57.0 Å². The van der Waals surface area contributed by atoms with Crippen molar-refractivity contribution in [3.05, 3.63) is 28.2 Å². The van der Waals surface area contributed by atoms with Gasteiger partial charge in [-0.1, -0.05) is 36.0 Å². The van der Waals surface area contributed by atoms with Crippen molar-refractivity contribution in [1.82, 2.24) is 9.80 Å². The highest BCUT2D eigenvalue weighted by atomic mass is 35.5. The fourth-order valence-corrected chi connectivity index (χ4v) is 4.21. The smallest absolute Gasteiger partial charge is 0.238 e. The number of rotatable bonds is 4. The van der Waals surface area contributed by atoms with Crippen LogP contribution in [0.1, 0.15) is 38.5 Å². The first-order valence-electron chi connectivity index (χ1n) is 9.79. The number of benzene rings is 1.